The van der Waals surface area contributed by atoms with Gasteiger partial charge in [0.25, 0.3) is 0 Å². The quantitative estimate of drug-likeness (QED) is 0.774. The van der Waals surface area contributed by atoms with E-state index in [1.165, 1.54) is 11.1 Å². The van der Waals surface area contributed by atoms with Crippen LogP contribution in [-0.4, -0.2) is 12.7 Å². The van der Waals surface area contributed by atoms with Gasteiger partial charge in [-0.05, 0) is 38.0 Å². The maximum Gasteiger partial charge on any atom is 0.123 e. The molecule has 0 N–H and O–H groups in total. The number of benzene rings is 1. The molecule has 0 fully saturated rings. The van der Waals surface area contributed by atoms with Gasteiger partial charge in [0, 0.05) is 12.0 Å². The molecule has 2 rings (SSSR count). The molecule has 2 heteroatoms. The van der Waals surface area contributed by atoms with Gasteiger partial charge in [0.1, 0.15) is 17.6 Å². The van der Waals surface area contributed by atoms with Crippen molar-refractivity contribution >= 4 is 0 Å². The van der Waals surface area contributed by atoms with Crippen molar-refractivity contribution in [3.8, 4) is 11.5 Å². The number of aryl methyl sites for hydroxylation is 1. The monoisotopic (exact) mass is 220 g/mol. The van der Waals surface area contributed by atoms with E-state index >= 15 is 0 Å². The van der Waals surface area contributed by atoms with Gasteiger partial charge in [0.05, 0.1) is 6.61 Å². The Balaban J connectivity index is 2.33. The molecule has 1 aliphatic heterocycles. The van der Waals surface area contributed by atoms with Crippen molar-refractivity contribution in [1.82, 2.24) is 0 Å². The highest BCUT2D eigenvalue weighted by Gasteiger charge is 2.21. The normalized spacial score (nSPS) is 18.1. The van der Waals surface area contributed by atoms with E-state index in [0.717, 1.165) is 37.4 Å². The average Bonchev–Trinajstić information content (AvgIpc) is 2.58. The third kappa shape index (κ3) is 2.16. The minimum absolute atomic E-state index is 0.307. The Morgan fingerprint density at radius 2 is 2.19 bits per heavy atom. The fraction of sp³-hybridized carbons (Fsp3) is 0.571. The van der Waals surface area contributed by atoms with E-state index in [-0.39, 0.29) is 0 Å². The first-order valence-electron chi connectivity index (χ1n) is 6.19. The number of rotatable bonds is 4. The van der Waals surface area contributed by atoms with Crippen molar-refractivity contribution in [2.45, 2.75) is 46.1 Å². The number of fused-ring (bicyclic) bond motifs is 1. The molecule has 1 aromatic carbocycles. The molecule has 0 saturated carbocycles. The summed E-state index contributed by atoms with van der Waals surface area (Å²) in [5, 5.41) is 0. The number of ether oxygens (including phenoxy) is 2. The molecule has 0 aromatic heterocycles. The van der Waals surface area contributed by atoms with Gasteiger partial charge in [-0.1, -0.05) is 13.3 Å². The van der Waals surface area contributed by atoms with E-state index in [9.17, 15) is 0 Å². The van der Waals surface area contributed by atoms with Crippen LogP contribution in [0.25, 0.3) is 0 Å². The molecule has 0 bridgehead atoms. The summed E-state index contributed by atoms with van der Waals surface area (Å²) in [6, 6.07) is 4.32. The fourth-order valence-electron chi connectivity index (χ4n) is 2.24. The lowest BCUT2D eigenvalue weighted by Gasteiger charge is -2.11. The largest absolute Gasteiger partial charge is 0.494 e. The van der Waals surface area contributed by atoms with E-state index in [1.807, 2.05) is 6.92 Å². The van der Waals surface area contributed by atoms with E-state index < -0.39 is 0 Å². The van der Waals surface area contributed by atoms with E-state index in [0.29, 0.717) is 6.10 Å². The Morgan fingerprint density at radius 1 is 1.38 bits per heavy atom. The summed E-state index contributed by atoms with van der Waals surface area (Å²) in [7, 11) is 0. The van der Waals surface area contributed by atoms with Gasteiger partial charge in [-0.2, -0.15) is 0 Å². The summed E-state index contributed by atoms with van der Waals surface area (Å²) >= 11 is 0. The number of hydrogen-bond acceptors (Lipinski definition) is 2. The third-order valence-electron chi connectivity index (χ3n) is 2.90. The van der Waals surface area contributed by atoms with Crippen LogP contribution in [0.5, 0.6) is 11.5 Å². The van der Waals surface area contributed by atoms with E-state index in [2.05, 4.69) is 26.0 Å². The van der Waals surface area contributed by atoms with Gasteiger partial charge in [0.15, 0.2) is 0 Å². The zero-order valence-corrected chi connectivity index (χ0v) is 10.4. The van der Waals surface area contributed by atoms with Crippen LogP contribution < -0.4 is 9.47 Å². The molecule has 1 atom stereocenters. The summed E-state index contributed by atoms with van der Waals surface area (Å²) in [4.78, 5) is 0. The van der Waals surface area contributed by atoms with Gasteiger partial charge in [-0.15, -0.1) is 0 Å². The van der Waals surface area contributed by atoms with Crippen LogP contribution in [-0.2, 0) is 12.8 Å². The highest BCUT2D eigenvalue weighted by Crippen LogP contribution is 2.35. The summed E-state index contributed by atoms with van der Waals surface area (Å²) in [6.07, 6.45) is 3.50. The second-order valence-corrected chi connectivity index (χ2v) is 4.38. The summed E-state index contributed by atoms with van der Waals surface area (Å²) < 4.78 is 11.5. The molecule has 1 aliphatic rings. The lowest BCUT2D eigenvalue weighted by Crippen LogP contribution is -2.05. The Hall–Kier alpha value is -1.18. The fourth-order valence-corrected chi connectivity index (χ4v) is 2.24. The van der Waals surface area contributed by atoms with Crippen LogP contribution in [0, 0.1) is 0 Å². The van der Waals surface area contributed by atoms with Crippen LogP contribution in [0.1, 0.15) is 38.3 Å². The molecule has 0 radical (unpaired) electrons. The second kappa shape index (κ2) is 4.77. The maximum atomic E-state index is 5.77. The van der Waals surface area contributed by atoms with Crippen molar-refractivity contribution in [2.24, 2.45) is 0 Å². The Labute approximate surface area is 97.6 Å². The molecule has 1 aromatic rings. The Kier molecular flexibility index (Phi) is 3.37. The lowest BCUT2D eigenvalue weighted by atomic mass is 10.0. The van der Waals surface area contributed by atoms with Gasteiger partial charge >= 0.3 is 0 Å². The minimum Gasteiger partial charge on any atom is -0.494 e. The second-order valence-electron chi connectivity index (χ2n) is 4.38. The van der Waals surface area contributed by atoms with E-state index in [4.69, 9.17) is 9.47 Å². The third-order valence-corrected chi connectivity index (χ3v) is 2.90. The first kappa shape index (κ1) is 11.3. The molecule has 0 spiro atoms. The lowest BCUT2D eigenvalue weighted by molar-refractivity contribution is 0.254. The van der Waals surface area contributed by atoms with Gasteiger partial charge in [-0.25, -0.2) is 0 Å². The summed E-state index contributed by atoms with van der Waals surface area (Å²) in [5.41, 5.74) is 2.56. The van der Waals surface area contributed by atoms with Crippen molar-refractivity contribution in [3.63, 3.8) is 0 Å². The van der Waals surface area contributed by atoms with Crippen molar-refractivity contribution in [3.05, 3.63) is 23.3 Å². The van der Waals surface area contributed by atoms with Crippen molar-refractivity contribution in [2.75, 3.05) is 6.61 Å². The zero-order chi connectivity index (χ0) is 11.5. The van der Waals surface area contributed by atoms with Gasteiger partial charge in [-0.3, -0.25) is 0 Å². The molecule has 0 aliphatic carbocycles. The first-order valence-corrected chi connectivity index (χ1v) is 6.19. The zero-order valence-electron chi connectivity index (χ0n) is 10.4. The predicted octanol–water partition coefficient (Wildman–Crippen LogP) is 3.36. The van der Waals surface area contributed by atoms with Crippen LogP contribution in [0.4, 0.5) is 0 Å². The average molecular weight is 220 g/mol. The SMILES string of the molecule is CCCc1cc2c(cc1OCC)CC(C)O2. The molecule has 16 heavy (non-hydrogen) atoms. The molecule has 88 valence electrons. The van der Waals surface area contributed by atoms with Crippen LogP contribution in [0.15, 0.2) is 12.1 Å². The molecule has 2 nitrogen and oxygen atoms in total. The first-order chi connectivity index (χ1) is 7.74. The molecular formula is C14H20O2. The predicted molar refractivity (Wildman–Crippen MR) is 65.4 cm³/mol. The Morgan fingerprint density at radius 3 is 2.88 bits per heavy atom. The molecule has 1 unspecified atom stereocenters. The topological polar surface area (TPSA) is 18.5 Å². The molecule has 1 heterocycles. The van der Waals surface area contributed by atoms with Crippen LogP contribution >= 0.6 is 0 Å². The van der Waals surface area contributed by atoms with Gasteiger partial charge in [0.2, 0.25) is 0 Å². The van der Waals surface area contributed by atoms with Crippen LogP contribution in [0.3, 0.4) is 0 Å². The van der Waals surface area contributed by atoms with E-state index in [1.54, 1.807) is 0 Å². The maximum absolute atomic E-state index is 5.77. The highest BCUT2D eigenvalue weighted by atomic mass is 16.5. The van der Waals surface area contributed by atoms with Crippen molar-refractivity contribution in [1.29, 1.82) is 0 Å². The van der Waals surface area contributed by atoms with Crippen molar-refractivity contribution < 1.29 is 9.47 Å². The number of hydrogen-bond donors (Lipinski definition) is 0. The minimum atomic E-state index is 0.307. The smallest absolute Gasteiger partial charge is 0.123 e. The summed E-state index contributed by atoms with van der Waals surface area (Å²) in [6.45, 7) is 7.06. The molecule has 0 amide bonds. The van der Waals surface area contributed by atoms with Crippen LogP contribution in [0.2, 0.25) is 0 Å². The summed E-state index contributed by atoms with van der Waals surface area (Å²) in [5.74, 6) is 2.10. The Bertz CT molecular complexity index is 336. The standard InChI is InChI=1S/C14H20O2/c1-4-6-11-8-14-12(7-10(3)16-14)9-13(11)15-5-2/h8-10H,4-7H2,1-3H3. The molecular weight excluding hydrogens is 200 g/mol. The molecule has 0 saturated heterocycles. The van der Waals surface area contributed by atoms with Gasteiger partial charge < -0.3 is 9.47 Å². The highest BCUT2D eigenvalue weighted by molar-refractivity contribution is 5.48.